The quantitative estimate of drug-likeness (QED) is 0.730. The molecule has 1 heterocycles. The van der Waals surface area contributed by atoms with Crippen molar-refractivity contribution < 1.29 is 9.53 Å². The van der Waals surface area contributed by atoms with Crippen molar-refractivity contribution >= 4 is 11.8 Å². The molecule has 1 unspecified atom stereocenters. The van der Waals surface area contributed by atoms with E-state index in [9.17, 15) is 4.79 Å². The number of anilines is 1. The summed E-state index contributed by atoms with van der Waals surface area (Å²) in [6.45, 7) is 1.22. The van der Waals surface area contributed by atoms with E-state index in [1.807, 2.05) is 23.1 Å². The third-order valence-electron chi connectivity index (χ3n) is 3.38. The SMILES string of the molecule is Nc1ccc2c(c1)CCC2N1CCOC1=O. The molecule has 3 rings (SSSR count). The maximum Gasteiger partial charge on any atom is 0.410 e. The van der Waals surface area contributed by atoms with Gasteiger partial charge in [-0.3, -0.25) is 4.90 Å². The molecule has 4 nitrogen and oxygen atoms in total. The van der Waals surface area contributed by atoms with Crippen molar-refractivity contribution in [2.24, 2.45) is 0 Å². The minimum Gasteiger partial charge on any atom is -0.448 e. The summed E-state index contributed by atoms with van der Waals surface area (Å²) in [6.07, 6.45) is 1.79. The molecule has 2 aliphatic rings. The van der Waals surface area contributed by atoms with Crippen LogP contribution in [-0.4, -0.2) is 24.1 Å². The van der Waals surface area contributed by atoms with E-state index >= 15 is 0 Å². The zero-order valence-corrected chi connectivity index (χ0v) is 8.98. The number of rotatable bonds is 1. The Balaban J connectivity index is 1.94. The first-order chi connectivity index (χ1) is 7.75. The second kappa shape index (κ2) is 3.40. The van der Waals surface area contributed by atoms with E-state index < -0.39 is 0 Å². The van der Waals surface area contributed by atoms with E-state index in [1.165, 1.54) is 11.1 Å². The first-order valence-electron chi connectivity index (χ1n) is 5.57. The Hall–Kier alpha value is -1.71. The van der Waals surface area contributed by atoms with Gasteiger partial charge < -0.3 is 10.5 Å². The molecule has 0 bridgehead atoms. The Morgan fingerprint density at radius 3 is 3.06 bits per heavy atom. The van der Waals surface area contributed by atoms with E-state index in [0.717, 1.165) is 18.5 Å². The zero-order valence-electron chi connectivity index (χ0n) is 8.98. The van der Waals surface area contributed by atoms with Crippen LogP contribution < -0.4 is 5.73 Å². The van der Waals surface area contributed by atoms with E-state index in [-0.39, 0.29) is 12.1 Å². The van der Waals surface area contributed by atoms with Crippen LogP contribution in [0.2, 0.25) is 0 Å². The number of hydrogen-bond acceptors (Lipinski definition) is 3. The molecule has 16 heavy (non-hydrogen) atoms. The molecule has 4 heteroatoms. The van der Waals surface area contributed by atoms with Gasteiger partial charge in [-0.15, -0.1) is 0 Å². The largest absolute Gasteiger partial charge is 0.448 e. The maximum absolute atomic E-state index is 11.5. The van der Waals surface area contributed by atoms with Crippen LogP contribution in [0.5, 0.6) is 0 Å². The van der Waals surface area contributed by atoms with Crippen molar-refractivity contribution in [3.8, 4) is 0 Å². The smallest absolute Gasteiger partial charge is 0.410 e. The molecule has 1 fully saturated rings. The standard InChI is InChI=1S/C12H14N2O2/c13-9-2-3-10-8(7-9)1-4-11(10)14-5-6-16-12(14)15/h2-3,7,11H,1,4-6,13H2. The number of nitrogens with zero attached hydrogens (tertiary/aromatic N) is 1. The van der Waals surface area contributed by atoms with Gasteiger partial charge in [-0.05, 0) is 36.1 Å². The fourth-order valence-corrected chi connectivity index (χ4v) is 2.63. The molecule has 0 radical (unpaired) electrons. The summed E-state index contributed by atoms with van der Waals surface area (Å²) in [5.41, 5.74) is 9.04. The monoisotopic (exact) mass is 218 g/mol. The Morgan fingerprint density at radius 1 is 1.44 bits per heavy atom. The van der Waals surface area contributed by atoms with Crippen molar-refractivity contribution in [2.45, 2.75) is 18.9 Å². The molecule has 0 saturated carbocycles. The Kier molecular flexibility index (Phi) is 2.02. The summed E-state index contributed by atoms with van der Waals surface area (Å²) < 4.78 is 4.98. The highest BCUT2D eigenvalue weighted by atomic mass is 16.6. The number of cyclic esters (lactones) is 1. The number of nitrogen functional groups attached to an aromatic ring is 1. The second-order valence-electron chi connectivity index (χ2n) is 4.32. The van der Waals surface area contributed by atoms with Crippen LogP contribution in [0, 0.1) is 0 Å². The molecule has 2 N–H and O–H groups in total. The first-order valence-corrected chi connectivity index (χ1v) is 5.57. The van der Waals surface area contributed by atoms with Crippen molar-refractivity contribution in [1.29, 1.82) is 0 Å². The highest BCUT2D eigenvalue weighted by Crippen LogP contribution is 2.37. The van der Waals surface area contributed by atoms with Crippen molar-refractivity contribution in [2.75, 3.05) is 18.9 Å². The minimum absolute atomic E-state index is 0.185. The van der Waals surface area contributed by atoms with Crippen molar-refractivity contribution in [1.82, 2.24) is 4.90 Å². The fourth-order valence-electron chi connectivity index (χ4n) is 2.63. The molecule has 1 aromatic carbocycles. The first kappa shape index (κ1) is 9.51. The average molecular weight is 218 g/mol. The molecule has 1 saturated heterocycles. The van der Waals surface area contributed by atoms with Gasteiger partial charge in [0.05, 0.1) is 12.6 Å². The number of aryl methyl sites for hydroxylation is 1. The van der Waals surface area contributed by atoms with Crippen molar-refractivity contribution in [3.05, 3.63) is 29.3 Å². The molecule has 1 amide bonds. The molecular formula is C12H14N2O2. The Labute approximate surface area is 94.0 Å². The maximum atomic E-state index is 11.5. The summed E-state index contributed by atoms with van der Waals surface area (Å²) in [6, 6.07) is 6.13. The third-order valence-corrected chi connectivity index (χ3v) is 3.38. The molecule has 0 spiro atoms. The van der Waals surface area contributed by atoms with E-state index in [2.05, 4.69) is 0 Å². The predicted octanol–water partition coefficient (Wildman–Crippen LogP) is 1.71. The molecule has 84 valence electrons. The van der Waals surface area contributed by atoms with Crippen LogP contribution in [0.1, 0.15) is 23.6 Å². The number of hydrogen-bond donors (Lipinski definition) is 1. The van der Waals surface area contributed by atoms with Gasteiger partial charge >= 0.3 is 6.09 Å². The lowest BCUT2D eigenvalue weighted by Crippen LogP contribution is -2.28. The highest BCUT2D eigenvalue weighted by Gasteiger charge is 2.34. The molecule has 1 aliphatic carbocycles. The fraction of sp³-hybridized carbons (Fsp3) is 0.417. The number of nitrogens with two attached hydrogens (primary N) is 1. The summed E-state index contributed by atoms with van der Waals surface area (Å²) in [5, 5.41) is 0. The van der Waals surface area contributed by atoms with E-state index in [4.69, 9.17) is 10.5 Å². The van der Waals surface area contributed by atoms with Crippen LogP contribution >= 0.6 is 0 Å². The number of fused-ring (bicyclic) bond motifs is 1. The van der Waals surface area contributed by atoms with Gasteiger partial charge in [-0.2, -0.15) is 0 Å². The normalized spacial score (nSPS) is 23.4. The average Bonchev–Trinajstić information content (AvgIpc) is 2.83. The molecular weight excluding hydrogens is 204 g/mol. The summed E-state index contributed by atoms with van der Waals surface area (Å²) >= 11 is 0. The highest BCUT2D eigenvalue weighted by molar-refractivity contribution is 5.70. The van der Waals surface area contributed by atoms with Crippen LogP contribution in [0.15, 0.2) is 18.2 Å². The van der Waals surface area contributed by atoms with Crippen LogP contribution in [0.25, 0.3) is 0 Å². The van der Waals surface area contributed by atoms with Crippen molar-refractivity contribution in [3.63, 3.8) is 0 Å². The second-order valence-corrected chi connectivity index (χ2v) is 4.32. The lowest BCUT2D eigenvalue weighted by Gasteiger charge is -2.21. The number of carbonyl (C=O) groups is 1. The lowest BCUT2D eigenvalue weighted by molar-refractivity contribution is 0.147. The van der Waals surface area contributed by atoms with Gasteiger partial charge in [0, 0.05) is 5.69 Å². The van der Waals surface area contributed by atoms with Gasteiger partial charge in [0.1, 0.15) is 6.61 Å². The summed E-state index contributed by atoms with van der Waals surface area (Å²) in [5.74, 6) is 0. The van der Waals surface area contributed by atoms with Gasteiger partial charge in [0.2, 0.25) is 0 Å². The molecule has 1 aromatic rings. The summed E-state index contributed by atoms with van der Waals surface area (Å²) in [7, 11) is 0. The topological polar surface area (TPSA) is 55.6 Å². The number of ether oxygens (including phenoxy) is 1. The third kappa shape index (κ3) is 1.33. The van der Waals surface area contributed by atoms with Gasteiger partial charge in [0.15, 0.2) is 0 Å². The molecule has 0 aromatic heterocycles. The van der Waals surface area contributed by atoms with Crippen LogP contribution in [0.4, 0.5) is 10.5 Å². The van der Waals surface area contributed by atoms with E-state index in [1.54, 1.807) is 0 Å². The predicted molar refractivity (Wildman–Crippen MR) is 60.0 cm³/mol. The Morgan fingerprint density at radius 2 is 2.31 bits per heavy atom. The van der Waals surface area contributed by atoms with Gasteiger partial charge in [-0.25, -0.2) is 4.79 Å². The van der Waals surface area contributed by atoms with Gasteiger partial charge in [0.25, 0.3) is 0 Å². The Bertz CT molecular complexity index is 445. The number of amides is 1. The minimum atomic E-state index is -0.185. The number of benzene rings is 1. The lowest BCUT2D eigenvalue weighted by atomic mass is 10.1. The summed E-state index contributed by atoms with van der Waals surface area (Å²) in [4.78, 5) is 13.3. The van der Waals surface area contributed by atoms with Crippen LogP contribution in [0.3, 0.4) is 0 Å². The number of carbonyl (C=O) groups excluding carboxylic acids is 1. The molecule has 1 aliphatic heterocycles. The van der Waals surface area contributed by atoms with Gasteiger partial charge in [-0.1, -0.05) is 6.07 Å². The zero-order chi connectivity index (χ0) is 11.1. The van der Waals surface area contributed by atoms with Crippen LogP contribution in [-0.2, 0) is 11.2 Å². The van der Waals surface area contributed by atoms with E-state index in [0.29, 0.717) is 13.2 Å². The molecule has 1 atom stereocenters.